The summed E-state index contributed by atoms with van der Waals surface area (Å²) in [5, 5.41) is 6.89. The van der Waals surface area contributed by atoms with Crippen molar-refractivity contribution in [3.63, 3.8) is 0 Å². The van der Waals surface area contributed by atoms with Gasteiger partial charge in [0.2, 0.25) is 17.6 Å². The minimum atomic E-state index is -0.0760. The van der Waals surface area contributed by atoms with Crippen LogP contribution >= 0.6 is 0 Å². The van der Waals surface area contributed by atoms with E-state index in [1.807, 2.05) is 36.4 Å². The second-order valence-electron chi connectivity index (χ2n) is 6.15. The summed E-state index contributed by atoms with van der Waals surface area (Å²) in [5.41, 5.74) is 3.10. The second-order valence-corrected chi connectivity index (χ2v) is 6.15. The molecule has 0 radical (unpaired) electrons. The molecule has 27 heavy (non-hydrogen) atoms. The molecule has 0 fully saturated rings. The van der Waals surface area contributed by atoms with Gasteiger partial charge in [0.25, 0.3) is 0 Å². The van der Waals surface area contributed by atoms with Crippen molar-refractivity contribution in [2.45, 2.75) is 32.7 Å². The summed E-state index contributed by atoms with van der Waals surface area (Å²) in [6.07, 6.45) is 1.67. The number of hydrogen-bond donors (Lipinski definition) is 1. The molecule has 0 aliphatic rings. The first-order valence-electron chi connectivity index (χ1n) is 9.00. The minimum absolute atomic E-state index is 0.0760. The van der Waals surface area contributed by atoms with E-state index in [0.29, 0.717) is 24.7 Å². The number of amides is 1. The molecule has 2 aromatic carbocycles. The number of benzene rings is 2. The molecule has 1 N–H and O–H groups in total. The number of rotatable bonds is 8. The summed E-state index contributed by atoms with van der Waals surface area (Å²) < 4.78 is 10.5. The highest BCUT2D eigenvalue weighted by Crippen LogP contribution is 2.18. The van der Waals surface area contributed by atoms with E-state index >= 15 is 0 Å². The lowest BCUT2D eigenvalue weighted by molar-refractivity contribution is -0.121. The van der Waals surface area contributed by atoms with Crippen LogP contribution in [-0.4, -0.2) is 23.2 Å². The van der Waals surface area contributed by atoms with Crippen LogP contribution in [0.5, 0.6) is 5.75 Å². The molecule has 0 unspecified atom stereocenters. The fraction of sp³-hybridized carbons (Fsp3) is 0.286. The van der Waals surface area contributed by atoms with Gasteiger partial charge in [-0.3, -0.25) is 4.79 Å². The Morgan fingerprint density at radius 2 is 1.93 bits per heavy atom. The number of nitrogens with one attached hydrogen (secondary N) is 1. The Kier molecular flexibility index (Phi) is 6.20. The highest BCUT2D eigenvalue weighted by Gasteiger charge is 2.11. The third kappa shape index (κ3) is 4.94. The van der Waals surface area contributed by atoms with E-state index in [1.54, 1.807) is 7.11 Å². The maximum absolute atomic E-state index is 12.1. The average Bonchev–Trinajstić information content (AvgIpc) is 3.20. The zero-order chi connectivity index (χ0) is 19.1. The van der Waals surface area contributed by atoms with Gasteiger partial charge in [-0.2, -0.15) is 4.98 Å². The van der Waals surface area contributed by atoms with Crippen molar-refractivity contribution in [2.75, 3.05) is 7.11 Å². The van der Waals surface area contributed by atoms with Gasteiger partial charge in [0.15, 0.2) is 0 Å². The van der Waals surface area contributed by atoms with Crippen molar-refractivity contribution in [1.29, 1.82) is 0 Å². The molecule has 0 saturated carbocycles. The number of ether oxygens (including phenoxy) is 1. The molecule has 3 aromatic rings. The van der Waals surface area contributed by atoms with Crippen molar-refractivity contribution < 1.29 is 14.1 Å². The molecule has 6 heteroatoms. The Hall–Kier alpha value is -3.15. The largest absolute Gasteiger partial charge is 0.496 e. The maximum atomic E-state index is 12.1. The molecule has 0 bridgehead atoms. The Balaban J connectivity index is 1.51. The van der Waals surface area contributed by atoms with E-state index in [-0.39, 0.29) is 12.3 Å². The topological polar surface area (TPSA) is 77.2 Å². The Morgan fingerprint density at radius 1 is 1.15 bits per heavy atom. The number of carbonyl (C=O) groups is 1. The van der Waals surface area contributed by atoms with Gasteiger partial charge in [0, 0.05) is 30.5 Å². The van der Waals surface area contributed by atoms with E-state index in [4.69, 9.17) is 9.26 Å². The fourth-order valence-electron chi connectivity index (χ4n) is 2.71. The zero-order valence-electron chi connectivity index (χ0n) is 15.6. The van der Waals surface area contributed by atoms with Gasteiger partial charge in [-0.1, -0.05) is 54.5 Å². The maximum Gasteiger partial charge on any atom is 0.227 e. The number of hydrogen-bond acceptors (Lipinski definition) is 5. The summed E-state index contributed by atoms with van der Waals surface area (Å²) in [4.78, 5) is 16.5. The molecule has 1 amide bonds. The standard InChI is InChI=1S/C21H23N3O3/c1-3-15-8-10-16(11-9-15)21-23-20(27-24-21)13-12-19(25)22-14-17-6-4-5-7-18(17)26-2/h4-11H,3,12-14H2,1-2H3,(H,22,25). The first-order valence-corrected chi connectivity index (χ1v) is 9.00. The lowest BCUT2D eigenvalue weighted by Gasteiger charge is -2.09. The van der Waals surface area contributed by atoms with Crippen LogP contribution < -0.4 is 10.1 Å². The number of para-hydroxylation sites is 1. The predicted molar refractivity (Wildman–Crippen MR) is 102 cm³/mol. The average molecular weight is 365 g/mol. The molecule has 140 valence electrons. The number of carbonyl (C=O) groups excluding carboxylic acids is 1. The second kappa shape index (κ2) is 8.98. The Labute approximate surface area is 158 Å². The number of aryl methyl sites for hydroxylation is 2. The van der Waals surface area contributed by atoms with Gasteiger partial charge in [-0.05, 0) is 18.1 Å². The fourth-order valence-corrected chi connectivity index (χ4v) is 2.71. The molecular formula is C21H23N3O3. The van der Waals surface area contributed by atoms with Crippen LogP contribution in [0.4, 0.5) is 0 Å². The number of aromatic nitrogens is 2. The van der Waals surface area contributed by atoms with Gasteiger partial charge in [-0.25, -0.2) is 0 Å². The van der Waals surface area contributed by atoms with Crippen LogP contribution in [0.15, 0.2) is 53.1 Å². The summed E-state index contributed by atoms with van der Waals surface area (Å²) in [6.45, 7) is 2.53. The highest BCUT2D eigenvalue weighted by molar-refractivity contribution is 5.76. The van der Waals surface area contributed by atoms with Crippen molar-refractivity contribution >= 4 is 5.91 Å². The molecule has 0 atom stereocenters. The summed E-state index contributed by atoms with van der Waals surface area (Å²) in [6, 6.07) is 15.7. The molecule has 0 spiro atoms. The van der Waals surface area contributed by atoms with Crippen LogP contribution in [0, 0.1) is 0 Å². The first kappa shape index (κ1) is 18.6. The third-order valence-corrected chi connectivity index (χ3v) is 4.32. The van der Waals surface area contributed by atoms with Gasteiger partial charge in [-0.15, -0.1) is 0 Å². The van der Waals surface area contributed by atoms with E-state index in [1.165, 1.54) is 5.56 Å². The first-order chi connectivity index (χ1) is 13.2. The van der Waals surface area contributed by atoms with Gasteiger partial charge < -0.3 is 14.6 Å². The van der Waals surface area contributed by atoms with Gasteiger partial charge in [0.05, 0.1) is 7.11 Å². The smallest absolute Gasteiger partial charge is 0.227 e. The Bertz CT molecular complexity index is 888. The minimum Gasteiger partial charge on any atom is -0.496 e. The molecular weight excluding hydrogens is 342 g/mol. The van der Waals surface area contributed by atoms with Crippen LogP contribution in [0.1, 0.15) is 30.4 Å². The van der Waals surface area contributed by atoms with Crippen molar-refractivity contribution in [3.8, 4) is 17.1 Å². The number of methoxy groups -OCH3 is 1. The monoisotopic (exact) mass is 365 g/mol. The summed E-state index contributed by atoms with van der Waals surface area (Å²) in [5.74, 6) is 1.68. The molecule has 0 saturated heterocycles. The van der Waals surface area contributed by atoms with Gasteiger partial charge >= 0.3 is 0 Å². The van der Waals surface area contributed by atoms with Crippen LogP contribution in [0.3, 0.4) is 0 Å². The third-order valence-electron chi connectivity index (χ3n) is 4.32. The van der Waals surface area contributed by atoms with Gasteiger partial charge in [0.1, 0.15) is 5.75 Å². The van der Waals surface area contributed by atoms with Crippen molar-refractivity contribution in [1.82, 2.24) is 15.5 Å². The van der Waals surface area contributed by atoms with Crippen molar-refractivity contribution in [2.24, 2.45) is 0 Å². The molecule has 6 nitrogen and oxygen atoms in total. The van der Waals surface area contributed by atoms with E-state index in [9.17, 15) is 4.79 Å². The van der Waals surface area contributed by atoms with Crippen LogP contribution in [-0.2, 0) is 24.2 Å². The zero-order valence-corrected chi connectivity index (χ0v) is 15.6. The van der Waals surface area contributed by atoms with Crippen LogP contribution in [0.2, 0.25) is 0 Å². The Morgan fingerprint density at radius 3 is 2.67 bits per heavy atom. The molecule has 0 aliphatic heterocycles. The molecule has 0 aliphatic carbocycles. The SMILES string of the molecule is CCc1ccc(-c2noc(CCC(=O)NCc3ccccc3OC)n2)cc1. The van der Waals surface area contributed by atoms with Crippen molar-refractivity contribution in [3.05, 3.63) is 65.5 Å². The lowest BCUT2D eigenvalue weighted by Crippen LogP contribution is -2.23. The molecule has 1 heterocycles. The highest BCUT2D eigenvalue weighted by atomic mass is 16.5. The van der Waals surface area contributed by atoms with E-state index < -0.39 is 0 Å². The predicted octanol–water partition coefficient (Wildman–Crippen LogP) is 3.56. The van der Waals surface area contributed by atoms with Crippen LogP contribution in [0.25, 0.3) is 11.4 Å². The summed E-state index contributed by atoms with van der Waals surface area (Å²) >= 11 is 0. The quantitative estimate of drug-likeness (QED) is 0.660. The molecule has 3 rings (SSSR count). The molecule has 1 aromatic heterocycles. The van der Waals surface area contributed by atoms with E-state index in [0.717, 1.165) is 23.3 Å². The lowest BCUT2D eigenvalue weighted by atomic mass is 10.1. The normalized spacial score (nSPS) is 10.6. The van der Waals surface area contributed by atoms with E-state index in [2.05, 4.69) is 34.5 Å². The summed E-state index contributed by atoms with van der Waals surface area (Å²) in [7, 11) is 1.61. The number of nitrogens with zero attached hydrogens (tertiary/aromatic N) is 2.